The number of nitrogens with two attached hydrogens (primary N) is 1. The van der Waals surface area contributed by atoms with Crippen molar-refractivity contribution < 1.29 is 0 Å². The predicted molar refractivity (Wildman–Crippen MR) is 102 cm³/mol. The fourth-order valence-electron chi connectivity index (χ4n) is 2.55. The molecule has 0 aliphatic rings. The SMILES string of the molecule is C=CC(CCCCN)Nc1ccc(C(=C)c2ccccc2)cc1. The molecule has 0 aromatic heterocycles. The molecule has 120 valence electrons. The van der Waals surface area contributed by atoms with E-state index < -0.39 is 0 Å². The van der Waals surface area contributed by atoms with E-state index in [1.807, 2.05) is 24.3 Å². The Balaban J connectivity index is 1.98. The van der Waals surface area contributed by atoms with Crippen molar-refractivity contribution in [3.63, 3.8) is 0 Å². The topological polar surface area (TPSA) is 38.0 Å². The first-order valence-electron chi connectivity index (χ1n) is 8.18. The molecule has 0 radical (unpaired) electrons. The van der Waals surface area contributed by atoms with Gasteiger partial charge in [0.05, 0.1) is 0 Å². The molecular formula is C21H26N2. The predicted octanol–water partition coefficient (Wildman–Crippen LogP) is 4.84. The summed E-state index contributed by atoms with van der Waals surface area (Å²) in [7, 11) is 0. The normalized spacial score (nSPS) is 11.7. The quantitative estimate of drug-likeness (QED) is 0.513. The molecule has 23 heavy (non-hydrogen) atoms. The van der Waals surface area contributed by atoms with E-state index in [9.17, 15) is 0 Å². The van der Waals surface area contributed by atoms with Gasteiger partial charge in [0.2, 0.25) is 0 Å². The van der Waals surface area contributed by atoms with Crippen molar-refractivity contribution in [2.24, 2.45) is 5.73 Å². The van der Waals surface area contributed by atoms with Crippen molar-refractivity contribution >= 4 is 11.3 Å². The number of rotatable bonds is 9. The smallest absolute Gasteiger partial charge is 0.0441 e. The summed E-state index contributed by atoms with van der Waals surface area (Å²) < 4.78 is 0. The Hall–Kier alpha value is -2.32. The first-order valence-corrected chi connectivity index (χ1v) is 8.18. The zero-order valence-electron chi connectivity index (χ0n) is 13.7. The highest BCUT2D eigenvalue weighted by Gasteiger charge is 2.05. The standard InChI is InChI=1S/C21H26N2/c1-3-20(11-7-8-16-22)23-21-14-12-19(13-15-21)17(2)18-9-5-4-6-10-18/h3-6,9-10,12-15,20,23H,1-2,7-8,11,16,22H2. The highest BCUT2D eigenvalue weighted by Crippen LogP contribution is 2.23. The summed E-state index contributed by atoms with van der Waals surface area (Å²) in [5.74, 6) is 0. The number of benzene rings is 2. The van der Waals surface area contributed by atoms with Gasteiger partial charge in [-0.05, 0) is 54.6 Å². The second kappa shape index (κ2) is 8.96. The van der Waals surface area contributed by atoms with E-state index in [1.54, 1.807) is 0 Å². The van der Waals surface area contributed by atoms with Gasteiger partial charge in [-0.25, -0.2) is 0 Å². The maximum Gasteiger partial charge on any atom is 0.0441 e. The van der Waals surface area contributed by atoms with Gasteiger partial charge in [0, 0.05) is 11.7 Å². The summed E-state index contributed by atoms with van der Waals surface area (Å²) in [5, 5.41) is 3.50. The molecular weight excluding hydrogens is 280 g/mol. The van der Waals surface area contributed by atoms with Gasteiger partial charge < -0.3 is 11.1 Å². The minimum atomic E-state index is 0.282. The van der Waals surface area contributed by atoms with Crippen LogP contribution in [0, 0.1) is 0 Å². The molecule has 2 rings (SSSR count). The molecule has 0 aliphatic heterocycles. The van der Waals surface area contributed by atoms with Crippen LogP contribution in [0.2, 0.25) is 0 Å². The van der Waals surface area contributed by atoms with Crippen molar-refractivity contribution in [1.82, 2.24) is 0 Å². The molecule has 0 bridgehead atoms. The highest BCUT2D eigenvalue weighted by atomic mass is 14.9. The second-order valence-corrected chi connectivity index (χ2v) is 5.69. The molecule has 0 amide bonds. The average Bonchev–Trinajstić information content (AvgIpc) is 2.61. The zero-order chi connectivity index (χ0) is 16.5. The summed E-state index contributed by atoms with van der Waals surface area (Å²) >= 11 is 0. The maximum atomic E-state index is 5.55. The molecule has 0 spiro atoms. The lowest BCUT2D eigenvalue weighted by atomic mass is 9.99. The van der Waals surface area contributed by atoms with Gasteiger partial charge in [0.1, 0.15) is 0 Å². The van der Waals surface area contributed by atoms with Crippen molar-refractivity contribution in [3.8, 4) is 0 Å². The molecule has 0 fully saturated rings. The lowest BCUT2D eigenvalue weighted by molar-refractivity contribution is 0.658. The van der Waals surface area contributed by atoms with Crippen LogP contribution in [-0.2, 0) is 0 Å². The van der Waals surface area contributed by atoms with Crippen LogP contribution in [0.1, 0.15) is 30.4 Å². The molecule has 2 heteroatoms. The van der Waals surface area contributed by atoms with Gasteiger partial charge >= 0.3 is 0 Å². The lowest BCUT2D eigenvalue weighted by Crippen LogP contribution is -2.16. The van der Waals surface area contributed by atoms with Crippen molar-refractivity contribution in [2.45, 2.75) is 25.3 Å². The molecule has 1 unspecified atom stereocenters. The van der Waals surface area contributed by atoms with E-state index in [4.69, 9.17) is 5.73 Å². The molecule has 0 saturated heterocycles. The van der Waals surface area contributed by atoms with Gasteiger partial charge in [-0.1, -0.05) is 55.1 Å². The number of anilines is 1. The van der Waals surface area contributed by atoms with Crippen LogP contribution in [0.15, 0.2) is 73.8 Å². The molecule has 2 nitrogen and oxygen atoms in total. The summed E-state index contributed by atoms with van der Waals surface area (Å²) in [6, 6.07) is 19.0. The van der Waals surface area contributed by atoms with E-state index >= 15 is 0 Å². The molecule has 2 aromatic carbocycles. The van der Waals surface area contributed by atoms with Gasteiger partial charge in [0.15, 0.2) is 0 Å². The van der Waals surface area contributed by atoms with E-state index in [1.165, 1.54) is 0 Å². The number of nitrogens with one attached hydrogen (secondary N) is 1. The molecule has 0 aliphatic carbocycles. The fraction of sp³-hybridized carbons (Fsp3) is 0.238. The average molecular weight is 306 g/mol. The summed E-state index contributed by atoms with van der Waals surface area (Å²) in [4.78, 5) is 0. The second-order valence-electron chi connectivity index (χ2n) is 5.69. The number of hydrogen-bond acceptors (Lipinski definition) is 2. The van der Waals surface area contributed by atoms with Gasteiger partial charge in [-0.2, -0.15) is 0 Å². The number of unbranched alkanes of at least 4 members (excludes halogenated alkanes) is 1. The Morgan fingerprint density at radius 1 is 1.00 bits per heavy atom. The molecule has 3 N–H and O–H groups in total. The monoisotopic (exact) mass is 306 g/mol. The van der Waals surface area contributed by atoms with Crippen LogP contribution in [0.5, 0.6) is 0 Å². The minimum absolute atomic E-state index is 0.282. The molecule has 2 aromatic rings. The van der Waals surface area contributed by atoms with Crippen LogP contribution < -0.4 is 11.1 Å². The van der Waals surface area contributed by atoms with Crippen LogP contribution in [0.4, 0.5) is 5.69 Å². The number of hydrogen-bond donors (Lipinski definition) is 2. The van der Waals surface area contributed by atoms with Crippen LogP contribution in [0.25, 0.3) is 5.57 Å². The minimum Gasteiger partial charge on any atom is -0.379 e. The van der Waals surface area contributed by atoms with Crippen LogP contribution in [0.3, 0.4) is 0 Å². The largest absolute Gasteiger partial charge is 0.379 e. The molecule has 1 atom stereocenters. The summed E-state index contributed by atoms with van der Waals surface area (Å²) in [6.45, 7) is 8.87. The lowest BCUT2D eigenvalue weighted by Gasteiger charge is -2.16. The van der Waals surface area contributed by atoms with Gasteiger partial charge in [-0.3, -0.25) is 0 Å². The first-order chi connectivity index (χ1) is 11.2. The Morgan fingerprint density at radius 2 is 1.65 bits per heavy atom. The van der Waals surface area contributed by atoms with Crippen molar-refractivity contribution in [2.75, 3.05) is 11.9 Å². The van der Waals surface area contributed by atoms with Crippen LogP contribution in [-0.4, -0.2) is 12.6 Å². The van der Waals surface area contributed by atoms with Gasteiger partial charge in [-0.15, -0.1) is 6.58 Å². The third kappa shape index (κ3) is 5.11. The molecule has 0 saturated carbocycles. The van der Waals surface area contributed by atoms with Crippen LogP contribution >= 0.6 is 0 Å². The summed E-state index contributed by atoms with van der Waals surface area (Å²) in [6.07, 6.45) is 5.19. The Labute approximate surface area is 139 Å². The van der Waals surface area contributed by atoms with Crippen molar-refractivity contribution in [3.05, 3.63) is 85.0 Å². The Bertz CT molecular complexity index is 614. The van der Waals surface area contributed by atoms with E-state index in [0.717, 1.165) is 48.2 Å². The molecule has 0 heterocycles. The zero-order valence-corrected chi connectivity index (χ0v) is 13.7. The van der Waals surface area contributed by atoms with E-state index in [2.05, 4.69) is 54.9 Å². The first kappa shape index (κ1) is 17.0. The van der Waals surface area contributed by atoms with E-state index in [-0.39, 0.29) is 6.04 Å². The fourth-order valence-corrected chi connectivity index (χ4v) is 2.55. The highest BCUT2D eigenvalue weighted by molar-refractivity contribution is 5.78. The third-order valence-corrected chi connectivity index (χ3v) is 3.96. The Kier molecular flexibility index (Phi) is 6.64. The Morgan fingerprint density at radius 3 is 2.26 bits per heavy atom. The van der Waals surface area contributed by atoms with Gasteiger partial charge in [0.25, 0.3) is 0 Å². The van der Waals surface area contributed by atoms with Crippen molar-refractivity contribution in [1.29, 1.82) is 0 Å². The summed E-state index contributed by atoms with van der Waals surface area (Å²) in [5.41, 5.74) is 9.98. The van der Waals surface area contributed by atoms with E-state index in [0.29, 0.717) is 0 Å². The third-order valence-electron chi connectivity index (χ3n) is 3.96. The maximum absolute atomic E-state index is 5.55.